The molecule has 1 saturated heterocycles. The van der Waals surface area contributed by atoms with Gasteiger partial charge in [-0.25, -0.2) is 0 Å². The summed E-state index contributed by atoms with van der Waals surface area (Å²) in [7, 11) is 3.46. The molecule has 4 rings (SSSR count). The topological polar surface area (TPSA) is 53.1 Å². The number of anilines is 2. The first-order chi connectivity index (χ1) is 14.1. The van der Waals surface area contributed by atoms with Crippen LogP contribution in [0.25, 0.3) is 0 Å². The van der Waals surface area contributed by atoms with Gasteiger partial charge in [0.05, 0.1) is 24.6 Å². The minimum absolute atomic E-state index is 0.0298. The van der Waals surface area contributed by atoms with Gasteiger partial charge in [-0.2, -0.15) is 0 Å². The zero-order chi connectivity index (χ0) is 20.4. The number of rotatable bonds is 5. The van der Waals surface area contributed by atoms with E-state index < -0.39 is 0 Å². The van der Waals surface area contributed by atoms with Gasteiger partial charge in [0.1, 0.15) is 5.75 Å². The number of ether oxygens (including phenoxy) is 1. The van der Waals surface area contributed by atoms with Crippen LogP contribution in [0.2, 0.25) is 0 Å². The highest BCUT2D eigenvalue weighted by molar-refractivity contribution is 6.00. The summed E-state index contributed by atoms with van der Waals surface area (Å²) in [6.45, 7) is 2.87. The van der Waals surface area contributed by atoms with Gasteiger partial charge in [0, 0.05) is 38.9 Å². The van der Waals surface area contributed by atoms with Crippen LogP contribution >= 0.6 is 0 Å². The highest BCUT2D eigenvalue weighted by Gasteiger charge is 2.50. The number of para-hydroxylation sites is 3. The van der Waals surface area contributed by atoms with Gasteiger partial charge in [-0.15, -0.1) is 0 Å². The van der Waals surface area contributed by atoms with E-state index in [1.807, 2.05) is 59.5 Å². The van der Waals surface area contributed by atoms with Gasteiger partial charge in [-0.1, -0.05) is 30.3 Å². The highest BCUT2D eigenvalue weighted by atomic mass is 16.5. The average Bonchev–Trinajstić information content (AvgIpc) is 3.59. The third-order valence-corrected chi connectivity index (χ3v) is 5.92. The maximum absolute atomic E-state index is 12.9. The molecule has 2 atom stereocenters. The predicted molar refractivity (Wildman–Crippen MR) is 113 cm³/mol. The van der Waals surface area contributed by atoms with Crippen molar-refractivity contribution in [3.63, 3.8) is 0 Å². The summed E-state index contributed by atoms with van der Waals surface area (Å²) < 4.78 is 5.46. The molecule has 0 spiro atoms. The summed E-state index contributed by atoms with van der Waals surface area (Å²) in [6.07, 6.45) is 0.654. The number of carbonyl (C=O) groups excluding carboxylic acids is 2. The zero-order valence-corrected chi connectivity index (χ0v) is 17.0. The molecule has 29 heavy (non-hydrogen) atoms. The van der Waals surface area contributed by atoms with Crippen LogP contribution in [0.1, 0.15) is 6.42 Å². The molecule has 1 aliphatic carbocycles. The lowest BCUT2D eigenvalue weighted by molar-refractivity contribution is -0.134. The quantitative estimate of drug-likeness (QED) is 0.784. The molecule has 1 heterocycles. The van der Waals surface area contributed by atoms with Crippen LogP contribution in [0.5, 0.6) is 5.75 Å². The third-order valence-electron chi connectivity index (χ3n) is 5.92. The molecular formula is C23H27N3O3. The molecule has 0 radical (unpaired) electrons. The lowest BCUT2D eigenvalue weighted by Gasteiger charge is -2.36. The molecule has 1 aliphatic heterocycles. The van der Waals surface area contributed by atoms with E-state index in [2.05, 4.69) is 4.90 Å². The molecule has 0 aromatic heterocycles. The molecule has 2 fully saturated rings. The number of hydrogen-bond acceptors (Lipinski definition) is 4. The monoisotopic (exact) mass is 393 g/mol. The van der Waals surface area contributed by atoms with Crippen molar-refractivity contribution in [2.45, 2.75) is 6.42 Å². The molecule has 2 aliphatic rings. The fourth-order valence-electron chi connectivity index (χ4n) is 4.06. The van der Waals surface area contributed by atoms with Crippen LogP contribution in [0.3, 0.4) is 0 Å². The summed E-state index contributed by atoms with van der Waals surface area (Å²) in [5.41, 5.74) is 1.92. The van der Waals surface area contributed by atoms with Crippen LogP contribution in [-0.2, 0) is 9.59 Å². The zero-order valence-electron chi connectivity index (χ0n) is 17.0. The van der Waals surface area contributed by atoms with Crippen LogP contribution in [0.15, 0.2) is 54.6 Å². The van der Waals surface area contributed by atoms with E-state index >= 15 is 0 Å². The number of piperazine rings is 1. The summed E-state index contributed by atoms with van der Waals surface area (Å²) >= 11 is 0. The second-order valence-corrected chi connectivity index (χ2v) is 7.67. The molecular weight excluding hydrogens is 366 g/mol. The number of nitrogens with zero attached hydrogens (tertiary/aromatic N) is 3. The summed E-state index contributed by atoms with van der Waals surface area (Å²) in [5.74, 6) is 0.627. The minimum atomic E-state index is -0.194. The molecule has 2 aromatic rings. The molecule has 0 N–H and O–H groups in total. The fraction of sp³-hybridized carbons (Fsp3) is 0.391. The Labute approximate surface area is 171 Å². The lowest BCUT2D eigenvalue weighted by atomic mass is 10.2. The number of methoxy groups -OCH3 is 1. The van der Waals surface area contributed by atoms with Gasteiger partial charge in [-0.05, 0) is 30.7 Å². The number of amides is 2. The van der Waals surface area contributed by atoms with Gasteiger partial charge < -0.3 is 19.4 Å². The first-order valence-electron chi connectivity index (χ1n) is 10.1. The maximum atomic E-state index is 12.9. The summed E-state index contributed by atoms with van der Waals surface area (Å²) in [4.78, 5) is 31.5. The normalized spacial score (nSPS) is 20.9. The van der Waals surface area contributed by atoms with Crippen molar-refractivity contribution in [3.8, 4) is 5.75 Å². The van der Waals surface area contributed by atoms with Gasteiger partial charge >= 0.3 is 0 Å². The fourth-order valence-corrected chi connectivity index (χ4v) is 4.06. The molecule has 1 saturated carbocycles. The Balaban J connectivity index is 1.32. The lowest BCUT2D eigenvalue weighted by Crippen LogP contribution is -2.49. The Hall–Kier alpha value is -3.02. The van der Waals surface area contributed by atoms with E-state index in [-0.39, 0.29) is 23.7 Å². The van der Waals surface area contributed by atoms with Crippen LogP contribution < -0.4 is 14.5 Å². The Morgan fingerprint density at radius 1 is 0.931 bits per heavy atom. The van der Waals surface area contributed by atoms with Gasteiger partial charge in [0.2, 0.25) is 11.8 Å². The van der Waals surface area contributed by atoms with E-state index in [0.717, 1.165) is 30.2 Å². The van der Waals surface area contributed by atoms with E-state index in [1.165, 1.54) is 0 Å². The third kappa shape index (κ3) is 3.92. The summed E-state index contributed by atoms with van der Waals surface area (Å²) in [6, 6.07) is 17.5. The van der Waals surface area contributed by atoms with Crippen molar-refractivity contribution in [3.05, 3.63) is 54.6 Å². The van der Waals surface area contributed by atoms with Crippen LogP contribution in [0, 0.1) is 11.8 Å². The second-order valence-electron chi connectivity index (χ2n) is 7.67. The van der Waals surface area contributed by atoms with E-state index in [0.29, 0.717) is 19.5 Å². The molecule has 2 aromatic carbocycles. The van der Waals surface area contributed by atoms with E-state index in [9.17, 15) is 9.59 Å². The minimum Gasteiger partial charge on any atom is -0.495 e. The summed E-state index contributed by atoms with van der Waals surface area (Å²) in [5, 5.41) is 0. The largest absolute Gasteiger partial charge is 0.495 e. The Bertz CT molecular complexity index is 878. The second kappa shape index (κ2) is 8.15. The molecule has 2 unspecified atom stereocenters. The maximum Gasteiger partial charge on any atom is 0.230 e. The predicted octanol–water partition coefficient (Wildman–Crippen LogP) is 2.64. The SMILES string of the molecule is COc1ccccc1N1CCN(C(=O)C2CC2C(=O)N(C)c2ccccc2)CC1. The van der Waals surface area contributed by atoms with Crippen LogP contribution in [-0.4, -0.2) is 57.1 Å². The molecule has 0 bridgehead atoms. The first-order valence-corrected chi connectivity index (χ1v) is 10.1. The smallest absolute Gasteiger partial charge is 0.230 e. The van der Waals surface area contributed by atoms with Gasteiger partial charge in [-0.3, -0.25) is 9.59 Å². The van der Waals surface area contributed by atoms with Crippen LogP contribution in [0.4, 0.5) is 11.4 Å². The van der Waals surface area contributed by atoms with Crippen molar-refractivity contribution < 1.29 is 14.3 Å². The first kappa shape index (κ1) is 19.3. The average molecular weight is 393 g/mol. The number of hydrogen-bond donors (Lipinski definition) is 0. The van der Waals surface area contributed by atoms with Crippen molar-refractivity contribution in [1.82, 2.24) is 4.90 Å². The van der Waals surface area contributed by atoms with Crippen molar-refractivity contribution in [2.75, 3.05) is 50.1 Å². The molecule has 152 valence electrons. The Morgan fingerprint density at radius 2 is 1.59 bits per heavy atom. The van der Waals surface area contributed by atoms with E-state index in [4.69, 9.17) is 4.74 Å². The highest BCUT2D eigenvalue weighted by Crippen LogP contribution is 2.42. The van der Waals surface area contributed by atoms with Crippen molar-refractivity contribution in [2.24, 2.45) is 11.8 Å². The number of benzene rings is 2. The molecule has 6 nitrogen and oxygen atoms in total. The Morgan fingerprint density at radius 3 is 2.28 bits per heavy atom. The van der Waals surface area contributed by atoms with Gasteiger partial charge in [0.25, 0.3) is 0 Å². The standard InChI is InChI=1S/C23H27N3O3/c1-24(17-8-4-3-5-9-17)22(27)18-16-19(18)23(28)26-14-12-25(13-15-26)20-10-6-7-11-21(20)29-2/h3-11,18-19H,12-16H2,1-2H3. The van der Waals surface area contributed by atoms with Gasteiger partial charge in [0.15, 0.2) is 0 Å². The van der Waals surface area contributed by atoms with E-state index in [1.54, 1.807) is 19.1 Å². The number of carbonyl (C=O) groups is 2. The Kier molecular flexibility index (Phi) is 5.43. The van der Waals surface area contributed by atoms with Crippen molar-refractivity contribution in [1.29, 1.82) is 0 Å². The van der Waals surface area contributed by atoms with Crippen molar-refractivity contribution >= 4 is 23.2 Å². The molecule has 2 amide bonds. The molecule has 6 heteroatoms.